The summed E-state index contributed by atoms with van der Waals surface area (Å²) in [6, 6.07) is 2.46. The molecule has 1 fully saturated rings. The van der Waals surface area contributed by atoms with Crippen LogP contribution in [-0.4, -0.2) is 24.1 Å². The number of rotatable bonds is 3. The molecule has 0 radical (unpaired) electrons. The van der Waals surface area contributed by atoms with Crippen molar-refractivity contribution >= 4 is 27.3 Å². The molecule has 1 aromatic rings. The maximum Gasteiger partial charge on any atom is 0.293 e. The summed E-state index contributed by atoms with van der Waals surface area (Å²) < 4.78 is 13.7. The van der Waals surface area contributed by atoms with E-state index in [0.29, 0.717) is 18.8 Å². The smallest absolute Gasteiger partial charge is 0.293 e. The van der Waals surface area contributed by atoms with Gasteiger partial charge in [0.05, 0.1) is 9.40 Å². The first kappa shape index (κ1) is 13.2. The van der Waals surface area contributed by atoms with Crippen molar-refractivity contribution in [3.8, 4) is 0 Å². The number of nitro groups is 1. The Hall–Kier alpha value is -1.21. The Morgan fingerprint density at radius 2 is 2.33 bits per heavy atom. The van der Waals surface area contributed by atoms with E-state index in [9.17, 15) is 14.5 Å². The molecular weight excluding hydrogens is 305 g/mol. The molecule has 0 aromatic heterocycles. The second kappa shape index (κ2) is 5.19. The Balaban J connectivity index is 2.48. The van der Waals surface area contributed by atoms with Gasteiger partial charge in [-0.25, -0.2) is 4.39 Å². The van der Waals surface area contributed by atoms with Gasteiger partial charge in [-0.15, -0.1) is 0 Å². The maximum absolute atomic E-state index is 13.6. The van der Waals surface area contributed by atoms with Gasteiger partial charge in [0.2, 0.25) is 0 Å². The van der Waals surface area contributed by atoms with E-state index in [-0.39, 0.29) is 16.2 Å². The minimum absolute atomic E-state index is 0.0456. The van der Waals surface area contributed by atoms with Crippen molar-refractivity contribution in [2.75, 3.05) is 18.0 Å². The number of hydrogen-bond acceptors (Lipinski definition) is 4. The fourth-order valence-corrected chi connectivity index (χ4v) is 2.63. The number of anilines is 1. The van der Waals surface area contributed by atoms with Gasteiger partial charge in [-0.1, -0.05) is 0 Å². The number of halogens is 2. The molecule has 7 heteroatoms. The molecule has 0 bridgehead atoms. The third-order valence-electron chi connectivity index (χ3n) is 3.17. The fraction of sp³-hybridized carbons (Fsp3) is 0.455. The SMILES string of the molecule is NCC1CCCN1c1cc(F)c(Br)cc1[N+](=O)[O-]. The van der Waals surface area contributed by atoms with Crippen molar-refractivity contribution in [2.24, 2.45) is 5.73 Å². The summed E-state index contributed by atoms with van der Waals surface area (Å²) in [6.45, 7) is 1.08. The molecule has 1 aliphatic heterocycles. The van der Waals surface area contributed by atoms with Gasteiger partial charge in [-0.2, -0.15) is 0 Å². The Bertz CT molecular complexity index is 484. The highest BCUT2D eigenvalue weighted by atomic mass is 79.9. The third kappa shape index (κ3) is 2.32. The standard InChI is InChI=1S/C11H13BrFN3O2/c12-8-4-11(16(17)18)10(5-9(8)13)15-3-1-2-7(15)6-14/h4-5,7H,1-3,6,14H2. The number of nitrogens with zero attached hydrogens (tertiary/aromatic N) is 2. The lowest BCUT2D eigenvalue weighted by molar-refractivity contribution is -0.384. The average molecular weight is 318 g/mol. The molecule has 0 spiro atoms. The van der Waals surface area contributed by atoms with Gasteiger partial charge >= 0.3 is 0 Å². The highest BCUT2D eigenvalue weighted by Gasteiger charge is 2.30. The van der Waals surface area contributed by atoms with Crippen LogP contribution in [0.3, 0.4) is 0 Å². The van der Waals surface area contributed by atoms with Gasteiger partial charge < -0.3 is 10.6 Å². The highest BCUT2D eigenvalue weighted by Crippen LogP contribution is 2.36. The Morgan fingerprint density at radius 1 is 1.61 bits per heavy atom. The summed E-state index contributed by atoms with van der Waals surface area (Å²) in [4.78, 5) is 12.4. The number of benzene rings is 1. The molecule has 98 valence electrons. The molecule has 0 amide bonds. The normalized spacial score (nSPS) is 19.3. The van der Waals surface area contributed by atoms with Gasteiger partial charge in [-0.05, 0) is 28.8 Å². The van der Waals surface area contributed by atoms with Gasteiger partial charge in [0.25, 0.3) is 5.69 Å². The maximum atomic E-state index is 13.6. The molecule has 1 heterocycles. The van der Waals surface area contributed by atoms with Crippen molar-refractivity contribution in [3.63, 3.8) is 0 Å². The summed E-state index contributed by atoms with van der Waals surface area (Å²) >= 11 is 2.97. The minimum Gasteiger partial charge on any atom is -0.362 e. The third-order valence-corrected chi connectivity index (χ3v) is 3.78. The van der Waals surface area contributed by atoms with Gasteiger partial charge in [-0.3, -0.25) is 10.1 Å². The topological polar surface area (TPSA) is 72.4 Å². The molecule has 18 heavy (non-hydrogen) atoms. The van der Waals surface area contributed by atoms with E-state index in [2.05, 4.69) is 15.9 Å². The van der Waals surface area contributed by atoms with Crippen molar-refractivity contribution in [1.82, 2.24) is 0 Å². The van der Waals surface area contributed by atoms with Gasteiger partial charge in [0, 0.05) is 31.3 Å². The second-order valence-electron chi connectivity index (χ2n) is 4.24. The van der Waals surface area contributed by atoms with E-state index in [1.807, 2.05) is 4.90 Å². The fourth-order valence-electron chi connectivity index (χ4n) is 2.30. The number of hydrogen-bond donors (Lipinski definition) is 1. The average Bonchev–Trinajstić information content (AvgIpc) is 2.79. The molecule has 1 saturated heterocycles. The first-order valence-corrected chi connectivity index (χ1v) is 6.44. The minimum atomic E-state index is -0.502. The summed E-state index contributed by atoms with van der Waals surface area (Å²) in [6.07, 6.45) is 1.79. The van der Waals surface area contributed by atoms with Crippen LogP contribution < -0.4 is 10.6 Å². The summed E-state index contributed by atoms with van der Waals surface area (Å²) in [5.74, 6) is -0.502. The van der Waals surface area contributed by atoms with Crippen LogP contribution in [0.25, 0.3) is 0 Å². The van der Waals surface area contributed by atoms with Crippen LogP contribution >= 0.6 is 15.9 Å². The van der Waals surface area contributed by atoms with Crippen LogP contribution in [0.2, 0.25) is 0 Å². The molecule has 0 saturated carbocycles. The largest absolute Gasteiger partial charge is 0.362 e. The van der Waals surface area contributed by atoms with E-state index in [1.54, 1.807) is 0 Å². The molecule has 1 atom stereocenters. The zero-order valence-corrected chi connectivity index (χ0v) is 11.2. The van der Waals surface area contributed by atoms with Crippen LogP contribution in [0, 0.1) is 15.9 Å². The van der Waals surface area contributed by atoms with E-state index in [1.165, 1.54) is 12.1 Å². The van der Waals surface area contributed by atoms with Crippen LogP contribution in [0.4, 0.5) is 15.8 Å². The zero-order valence-electron chi connectivity index (χ0n) is 9.60. The summed E-state index contributed by atoms with van der Waals surface area (Å²) in [5.41, 5.74) is 5.86. The van der Waals surface area contributed by atoms with E-state index >= 15 is 0 Å². The molecular formula is C11H13BrFN3O2. The predicted octanol–water partition coefficient (Wildman–Crippen LogP) is 2.42. The van der Waals surface area contributed by atoms with E-state index < -0.39 is 10.7 Å². The quantitative estimate of drug-likeness (QED) is 0.686. The van der Waals surface area contributed by atoms with Crippen LogP contribution in [-0.2, 0) is 0 Å². The lowest BCUT2D eigenvalue weighted by atomic mass is 10.2. The van der Waals surface area contributed by atoms with Crippen molar-refractivity contribution in [1.29, 1.82) is 0 Å². The summed E-state index contributed by atoms with van der Waals surface area (Å²) in [5, 5.41) is 11.0. The monoisotopic (exact) mass is 317 g/mol. The summed E-state index contributed by atoms with van der Waals surface area (Å²) in [7, 11) is 0. The van der Waals surface area contributed by atoms with Crippen LogP contribution in [0.15, 0.2) is 16.6 Å². The number of nitrogens with two attached hydrogens (primary N) is 1. The predicted molar refractivity (Wildman–Crippen MR) is 70.2 cm³/mol. The zero-order chi connectivity index (χ0) is 13.3. The second-order valence-corrected chi connectivity index (χ2v) is 5.09. The Kier molecular flexibility index (Phi) is 3.82. The molecule has 1 aliphatic rings. The molecule has 2 rings (SSSR count). The van der Waals surface area contributed by atoms with Gasteiger partial charge in [0.15, 0.2) is 0 Å². The molecule has 1 aromatic carbocycles. The lowest BCUT2D eigenvalue weighted by Crippen LogP contribution is -2.35. The van der Waals surface area contributed by atoms with Crippen molar-refractivity contribution < 1.29 is 9.31 Å². The Labute approximate surface area is 112 Å². The van der Waals surface area contributed by atoms with Crippen LogP contribution in [0.1, 0.15) is 12.8 Å². The van der Waals surface area contributed by atoms with E-state index in [4.69, 9.17) is 5.73 Å². The molecule has 2 N–H and O–H groups in total. The molecule has 1 unspecified atom stereocenters. The Morgan fingerprint density at radius 3 is 2.94 bits per heavy atom. The molecule has 0 aliphatic carbocycles. The van der Waals surface area contributed by atoms with E-state index in [0.717, 1.165) is 12.8 Å². The number of nitro benzene ring substituents is 1. The van der Waals surface area contributed by atoms with Crippen molar-refractivity contribution in [2.45, 2.75) is 18.9 Å². The van der Waals surface area contributed by atoms with Crippen LogP contribution in [0.5, 0.6) is 0 Å². The first-order chi connectivity index (χ1) is 8.54. The lowest BCUT2D eigenvalue weighted by Gasteiger charge is -2.25. The molecule has 5 nitrogen and oxygen atoms in total. The van der Waals surface area contributed by atoms with Gasteiger partial charge in [0.1, 0.15) is 11.5 Å². The van der Waals surface area contributed by atoms with Crippen molar-refractivity contribution in [3.05, 3.63) is 32.5 Å². The highest BCUT2D eigenvalue weighted by molar-refractivity contribution is 9.10. The first-order valence-electron chi connectivity index (χ1n) is 5.64.